The lowest BCUT2D eigenvalue weighted by atomic mass is 10.0. The number of amides is 1. The average Bonchev–Trinajstić information content (AvgIpc) is 2.71. The second kappa shape index (κ2) is 9.11. The van der Waals surface area contributed by atoms with E-state index in [9.17, 15) is 4.79 Å². The number of rotatable bonds is 7. The van der Waals surface area contributed by atoms with Crippen LogP contribution < -0.4 is 10.1 Å². The summed E-state index contributed by atoms with van der Waals surface area (Å²) in [5.74, 6) is 0.567. The van der Waals surface area contributed by atoms with Gasteiger partial charge in [-0.1, -0.05) is 23.7 Å². The molecule has 1 atom stereocenters. The summed E-state index contributed by atoms with van der Waals surface area (Å²) in [5, 5.41) is 3.63. The van der Waals surface area contributed by atoms with Crippen LogP contribution in [0.2, 0.25) is 5.02 Å². The minimum absolute atomic E-state index is 0.102. The summed E-state index contributed by atoms with van der Waals surface area (Å²) < 4.78 is 16.6. The van der Waals surface area contributed by atoms with E-state index in [1.54, 1.807) is 6.07 Å². The summed E-state index contributed by atoms with van der Waals surface area (Å²) in [5.41, 5.74) is 0.924. The van der Waals surface area contributed by atoms with Crippen molar-refractivity contribution in [2.45, 2.75) is 45.4 Å². The molecule has 1 heterocycles. The molecular formula is C17H24ClNO4. The maximum Gasteiger partial charge on any atom is 0.225 e. The van der Waals surface area contributed by atoms with Crippen molar-refractivity contribution >= 4 is 17.5 Å². The second-order valence-electron chi connectivity index (χ2n) is 5.31. The number of ether oxygens (including phenoxy) is 3. The van der Waals surface area contributed by atoms with Crippen LogP contribution in [0.5, 0.6) is 5.75 Å². The summed E-state index contributed by atoms with van der Waals surface area (Å²) in [7, 11) is 0. The predicted molar refractivity (Wildman–Crippen MR) is 88.7 cm³/mol. The van der Waals surface area contributed by atoms with Crippen molar-refractivity contribution in [2.75, 3.05) is 19.8 Å². The van der Waals surface area contributed by atoms with Gasteiger partial charge in [-0.3, -0.25) is 4.79 Å². The van der Waals surface area contributed by atoms with E-state index in [0.717, 1.165) is 18.4 Å². The maximum absolute atomic E-state index is 12.3. The third-order valence-electron chi connectivity index (χ3n) is 3.65. The molecule has 0 fully saturated rings. The molecule has 0 aliphatic carbocycles. The highest BCUT2D eigenvalue weighted by molar-refractivity contribution is 6.32. The summed E-state index contributed by atoms with van der Waals surface area (Å²) in [6.07, 6.45) is 1.34. The number of halogens is 1. The van der Waals surface area contributed by atoms with Crippen molar-refractivity contribution in [3.63, 3.8) is 0 Å². The minimum Gasteiger partial charge on any atom is -0.492 e. The molecule has 1 amide bonds. The van der Waals surface area contributed by atoms with Crippen LogP contribution in [0.3, 0.4) is 0 Å². The Bertz CT molecular complexity index is 517. The molecule has 1 aliphatic rings. The normalized spacial score (nSPS) is 17.3. The molecule has 1 unspecified atom stereocenters. The quantitative estimate of drug-likeness (QED) is 0.772. The van der Waals surface area contributed by atoms with Crippen LogP contribution in [0.4, 0.5) is 0 Å². The van der Waals surface area contributed by atoms with Gasteiger partial charge in [-0.2, -0.15) is 0 Å². The van der Waals surface area contributed by atoms with E-state index in [-0.39, 0.29) is 18.4 Å². The molecular weight excluding hydrogens is 318 g/mol. The number of benzene rings is 1. The number of para-hydroxylation sites is 1. The van der Waals surface area contributed by atoms with E-state index in [0.29, 0.717) is 30.6 Å². The van der Waals surface area contributed by atoms with Crippen molar-refractivity contribution in [1.82, 2.24) is 5.32 Å². The Labute approximate surface area is 142 Å². The molecule has 1 aromatic rings. The minimum atomic E-state index is -0.508. The first-order valence-electron chi connectivity index (χ1n) is 8.09. The van der Waals surface area contributed by atoms with Gasteiger partial charge in [-0.05, 0) is 32.8 Å². The van der Waals surface area contributed by atoms with Gasteiger partial charge in [-0.15, -0.1) is 0 Å². The lowest BCUT2D eigenvalue weighted by molar-refractivity contribution is -0.153. The Morgan fingerprint density at radius 2 is 2.13 bits per heavy atom. The Kier molecular flexibility index (Phi) is 7.15. The van der Waals surface area contributed by atoms with Crippen molar-refractivity contribution in [3.8, 4) is 5.75 Å². The first-order chi connectivity index (χ1) is 11.2. The van der Waals surface area contributed by atoms with Gasteiger partial charge in [0.05, 0.1) is 24.1 Å². The molecule has 0 spiro atoms. The number of carbonyl (C=O) groups excluding carboxylic acids is 1. The van der Waals surface area contributed by atoms with E-state index in [1.807, 2.05) is 26.0 Å². The highest BCUT2D eigenvalue weighted by Gasteiger charge is 2.24. The third-order valence-corrected chi connectivity index (χ3v) is 3.95. The van der Waals surface area contributed by atoms with Gasteiger partial charge < -0.3 is 19.5 Å². The van der Waals surface area contributed by atoms with E-state index in [1.165, 1.54) is 0 Å². The summed E-state index contributed by atoms with van der Waals surface area (Å²) in [6, 6.07) is 5.51. The van der Waals surface area contributed by atoms with Crippen LogP contribution in [-0.2, 0) is 14.3 Å². The monoisotopic (exact) mass is 341 g/mol. The second-order valence-corrected chi connectivity index (χ2v) is 5.72. The number of carbonyl (C=O) groups is 1. The molecule has 1 aromatic carbocycles. The lowest BCUT2D eigenvalue weighted by Crippen LogP contribution is -2.33. The molecule has 23 heavy (non-hydrogen) atoms. The third kappa shape index (κ3) is 5.09. The Balaban J connectivity index is 2.04. The van der Waals surface area contributed by atoms with E-state index >= 15 is 0 Å². The fraction of sp³-hybridized carbons (Fsp3) is 0.588. The number of nitrogens with one attached hydrogen (secondary N) is 1. The zero-order valence-corrected chi connectivity index (χ0v) is 14.4. The summed E-state index contributed by atoms with van der Waals surface area (Å²) >= 11 is 6.21. The summed E-state index contributed by atoms with van der Waals surface area (Å²) in [4.78, 5) is 12.3. The van der Waals surface area contributed by atoms with Gasteiger partial charge >= 0.3 is 0 Å². The van der Waals surface area contributed by atoms with Gasteiger partial charge in [-0.25, -0.2) is 0 Å². The maximum atomic E-state index is 12.3. The van der Waals surface area contributed by atoms with Crippen molar-refractivity contribution in [2.24, 2.45) is 0 Å². The van der Waals surface area contributed by atoms with Gasteiger partial charge in [0.2, 0.25) is 5.91 Å². The van der Waals surface area contributed by atoms with Gasteiger partial charge in [0.1, 0.15) is 5.75 Å². The zero-order chi connectivity index (χ0) is 16.7. The van der Waals surface area contributed by atoms with Crippen LogP contribution in [0.1, 0.15) is 44.7 Å². The average molecular weight is 342 g/mol. The fourth-order valence-electron chi connectivity index (χ4n) is 2.66. The van der Waals surface area contributed by atoms with Crippen molar-refractivity contribution < 1.29 is 19.0 Å². The first-order valence-corrected chi connectivity index (χ1v) is 8.47. The molecule has 0 saturated heterocycles. The molecule has 1 N–H and O–H groups in total. The smallest absolute Gasteiger partial charge is 0.225 e. The van der Waals surface area contributed by atoms with Crippen LogP contribution in [0.15, 0.2) is 18.2 Å². The molecule has 2 rings (SSSR count). The molecule has 128 valence electrons. The largest absolute Gasteiger partial charge is 0.492 e. The lowest BCUT2D eigenvalue weighted by Gasteiger charge is -2.21. The molecule has 5 nitrogen and oxygen atoms in total. The molecule has 0 bridgehead atoms. The SMILES string of the molecule is CCOC(CC(=O)NC1CCCOc2c(Cl)cccc21)OCC. The number of fused-ring (bicyclic) bond motifs is 1. The highest BCUT2D eigenvalue weighted by atomic mass is 35.5. The standard InChI is InChI=1S/C17H24ClNO4/c1-3-21-16(22-4-2)11-15(20)19-14-9-6-10-23-17-12(14)7-5-8-13(17)18/h5,7-8,14,16H,3-4,6,9-11H2,1-2H3,(H,19,20). The van der Waals surface area contributed by atoms with Crippen LogP contribution in [0.25, 0.3) is 0 Å². The molecule has 6 heteroatoms. The molecule has 1 aliphatic heterocycles. The van der Waals surface area contributed by atoms with Gasteiger partial charge in [0.25, 0.3) is 0 Å². The van der Waals surface area contributed by atoms with E-state index in [2.05, 4.69) is 5.32 Å². The molecule has 0 radical (unpaired) electrons. The van der Waals surface area contributed by atoms with E-state index < -0.39 is 6.29 Å². The Morgan fingerprint density at radius 3 is 2.83 bits per heavy atom. The Hall–Kier alpha value is -1.30. The predicted octanol–water partition coefficient (Wildman–Crippen LogP) is 3.46. The molecule has 0 aromatic heterocycles. The zero-order valence-electron chi connectivity index (χ0n) is 13.6. The number of hydrogen-bond acceptors (Lipinski definition) is 4. The van der Waals surface area contributed by atoms with Crippen LogP contribution >= 0.6 is 11.6 Å². The topological polar surface area (TPSA) is 56.8 Å². The summed E-state index contributed by atoms with van der Waals surface area (Å²) in [6.45, 7) is 5.38. The number of hydrogen-bond donors (Lipinski definition) is 1. The van der Waals surface area contributed by atoms with Crippen LogP contribution in [0, 0.1) is 0 Å². The fourth-order valence-corrected chi connectivity index (χ4v) is 2.90. The van der Waals surface area contributed by atoms with Crippen molar-refractivity contribution in [1.29, 1.82) is 0 Å². The molecule has 0 saturated carbocycles. The first kappa shape index (κ1) is 18.0. The Morgan fingerprint density at radius 1 is 1.39 bits per heavy atom. The van der Waals surface area contributed by atoms with Crippen LogP contribution in [-0.4, -0.2) is 32.0 Å². The van der Waals surface area contributed by atoms with Gasteiger partial charge in [0.15, 0.2) is 6.29 Å². The van der Waals surface area contributed by atoms with E-state index in [4.69, 9.17) is 25.8 Å². The highest BCUT2D eigenvalue weighted by Crippen LogP contribution is 2.36. The van der Waals surface area contributed by atoms with Crippen molar-refractivity contribution in [3.05, 3.63) is 28.8 Å². The van der Waals surface area contributed by atoms with Gasteiger partial charge in [0, 0.05) is 18.8 Å².